The van der Waals surface area contributed by atoms with Gasteiger partial charge in [-0.3, -0.25) is 0 Å². The molecule has 2 fully saturated rings. The number of alkyl halides is 3. The Balaban J connectivity index is 1.46. The van der Waals surface area contributed by atoms with Crippen LogP contribution in [-0.2, 0) is 15.7 Å². The van der Waals surface area contributed by atoms with Crippen LogP contribution in [0.3, 0.4) is 0 Å². The molecule has 8 heteroatoms. The van der Waals surface area contributed by atoms with Crippen molar-refractivity contribution in [3.05, 3.63) is 17.8 Å². The van der Waals surface area contributed by atoms with Crippen molar-refractivity contribution in [3.8, 4) is 0 Å². The normalized spacial score (nSPS) is 23.4. The standard InChI is InChI=1S/C15H20F3N3O2/c16-15(17,18)13-3-4-14(20-19-13)21-7-5-11(6-8-21)23-10-12-2-1-9-22-12/h3-4,11-12H,1-2,5-10H2. The monoisotopic (exact) mass is 331 g/mol. The second kappa shape index (κ2) is 7.00. The molecule has 3 rings (SSSR count). The average molecular weight is 331 g/mol. The molecule has 2 aliphatic heterocycles. The largest absolute Gasteiger partial charge is 0.435 e. The summed E-state index contributed by atoms with van der Waals surface area (Å²) in [5.74, 6) is 0.482. The molecule has 1 unspecified atom stereocenters. The molecule has 23 heavy (non-hydrogen) atoms. The molecule has 0 bridgehead atoms. The van der Waals surface area contributed by atoms with E-state index in [1.165, 1.54) is 6.07 Å². The number of ether oxygens (including phenoxy) is 2. The lowest BCUT2D eigenvalue weighted by Gasteiger charge is -2.32. The minimum absolute atomic E-state index is 0.179. The van der Waals surface area contributed by atoms with Crippen LogP contribution in [0.1, 0.15) is 31.4 Å². The second-order valence-electron chi connectivity index (χ2n) is 5.93. The predicted molar refractivity (Wildman–Crippen MR) is 77.2 cm³/mol. The minimum atomic E-state index is -4.45. The van der Waals surface area contributed by atoms with Crippen LogP contribution >= 0.6 is 0 Å². The molecular weight excluding hydrogens is 311 g/mol. The molecule has 0 radical (unpaired) electrons. The third-order valence-corrected chi connectivity index (χ3v) is 4.25. The van der Waals surface area contributed by atoms with Crippen molar-refractivity contribution in [3.63, 3.8) is 0 Å². The molecule has 0 saturated carbocycles. The molecule has 128 valence electrons. The number of hydrogen-bond donors (Lipinski definition) is 0. The quantitative estimate of drug-likeness (QED) is 0.849. The number of rotatable bonds is 4. The molecule has 2 aliphatic rings. The van der Waals surface area contributed by atoms with Crippen LogP contribution in [0.5, 0.6) is 0 Å². The third kappa shape index (κ3) is 4.32. The van der Waals surface area contributed by atoms with Gasteiger partial charge in [-0.05, 0) is 37.8 Å². The molecule has 0 amide bonds. The van der Waals surface area contributed by atoms with Crippen LogP contribution in [0, 0.1) is 0 Å². The van der Waals surface area contributed by atoms with E-state index in [-0.39, 0.29) is 12.2 Å². The van der Waals surface area contributed by atoms with Gasteiger partial charge in [0.15, 0.2) is 11.5 Å². The lowest BCUT2D eigenvalue weighted by molar-refractivity contribution is -0.141. The first-order valence-electron chi connectivity index (χ1n) is 7.91. The summed E-state index contributed by atoms with van der Waals surface area (Å²) in [5, 5.41) is 6.97. The van der Waals surface area contributed by atoms with E-state index in [9.17, 15) is 13.2 Å². The first kappa shape index (κ1) is 16.4. The molecule has 0 aromatic carbocycles. The number of piperidine rings is 1. The highest BCUT2D eigenvalue weighted by atomic mass is 19.4. The Hall–Kier alpha value is -1.41. The van der Waals surface area contributed by atoms with Gasteiger partial charge in [-0.25, -0.2) is 0 Å². The van der Waals surface area contributed by atoms with Crippen LogP contribution < -0.4 is 4.90 Å². The Morgan fingerprint density at radius 2 is 1.96 bits per heavy atom. The molecule has 0 spiro atoms. The van der Waals surface area contributed by atoms with E-state index in [0.29, 0.717) is 25.5 Å². The topological polar surface area (TPSA) is 47.5 Å². The average Bonchev–Trinajstić information content (AvgIpc) is 3.06. The van der Waals surface area contributed by atoms with Gasteiger partial charge < -0.3 is 14.4 Å². The SMILES string of the molecule is FC(F)(F)c1ccc(N2CCC(OCC3CCCO3)CC2)nn1. The van der Waals surface area contributed by atoms with Crippen molar-refractivity contribution in [1.29, 1.82) is 0 Å². The van der Waals surface area contributed by atoms with Gasteiger partial charge >= 0.3 is 6.18 Å². The highest BCUT2D eigenvalue weighted by Gasteiger charge is 2.33. The first-order chi connectivity index (χ1) is 11.0. The summed E-state index contributed by atoms with van der Waals surface area (Å²) in [6.07, 6.45) is -0.245. The van der Waals surface area contributed by atoms with Crippen molar-refractivity contribution in [2.24, 2.45) is 0 Å². The summed E-state index contributed by atoms with van der Waals surface area (Å²) in [6.45, 7) is 2.86. The summed E-state index contributed by atoms with van der Waals surface area (Å²) in [7, 11) is 0. The van der Waals surface area contributed by atoms with Crippen molar-refractivity contribution in [2.75, 3.05) is 31.2 Å². The molecule has 1 aromatic heterocycles. The van der Waals surface area contributed by atoms with Gasteiger partial charge in [-0.2, -0.15) is 13.2 Å². The van der Waals surface area contributed by atoms with Crippen LogP contribution in [0.15, 0.2) is 12.1 Å². The highest BCUT2D eigenvalue weighted by molar-refractivity contribution is 5.38. The molecule has 5 nitrogen and oxygen atoms in total. The van der Waals surface area contributed by atoms with Gasteiger partial charge in [0.1, 0.15) is 0 Å². The fraction of sp³-hybridized carbons (Fsp3) is 0.733. The lowest BCUT2D eigenvalue weighted by atomic mass is 10.1. The molecule has 1 atom stereocenters. The Morgan fingerprint density at radius 3 is 2.52 bits per heavy atom. The van der Waals surface area contributed by atoms with Gasteiger partial charge in [-0.1, -0.05) is 0 Å². The van der Waals surface area contributed by atoms with Crippen molar-refractivity contribution >= 4 is 5.82 Å². The summed E-state index contributed by atoms with van der Waals surface area (Å²) < 4.78 is 48.9. The zero-order valence-corrected chi connectivity index (χ0v) is 12.8. The maximum Gasteiger partial charge on any atom is 0.435 e. The molecule has 0 N–H and O–H groups in total. The summed E-state index contributed by atoms with van der Waals surface area (Å²) in [6, 6.07) is 2.35. The van der Waals surface area contributed by atoms with Crippen LogP contribution in [0.25, 0.3) is 0 Å². The summed E-state index contributed by atoms with van der Waals surface area (Å²) in [5.41, 5.74) is -0.962. The van der Waals surface area contributed by atoms with Crippen molar-refractivity contribution < 1.29 is 22.6 Å². The molecule has 0 aliphatic carbocycles. The van der Waals surface area contributed by atoms with Gasteiger partial charge in [0, 0.05) is 19.7 Å². The van der Waals surface area contributed by atoms with E-state index in [0.717, 1.165) is 38.4 Å². The van der Waals surface area contributed by atoms with E-state index in [4.69, 9.17) is 9.47 Å². The van der Waals surface area contributed by atoms with Crippen LogP contribution in [0.4, 0.5) is 19.0 Å². The second-order valence-corrected chi connectivity index (χ2v) is 5.93. The predicted octanol–water partition coefficient (Wildman–Crippen LogP) is 2.66. The fourth-order valence-electron chi connectivity index (χ4n) is 2.92. The van der Waals surface area contributed by atoms with Crippen molar-refractivity contribution in [1.82, 2.24) is 10.2 Å². The minimum Gasteiger partial charge on any atom is -0.376 e. The molecule has 2 saturated heterocycles. The van der Waals surface area contributed by atoms with E-state index in [1.807, 2.05) is 4.90 Å². The van der Waals surface area contributed by atoms with Gasteiger partial charge in [-0.15, -0.1) is 10.2 Å². The first-order valence-corrected chi connectivity index (χ1v) is 7.91. The number of hydrogen-bond acceptors (Lipinski definition) is 5. The van der Waals surface area contributed by atoms with Crippen LogP contribution in [-0.4, -0.2) is 48.7 Å². The molecule has 3 heterocycles. The fourth-order valence-corrected chi connectivity index (χ4v) is 2.92. The number of halogens is 3. The number of anilines is 1. The maximum atomic E-state index is 12.5. The lowest BCUT2D eigenvalue weighted by Crippen LogP contribution is -2.38. The Morgan fingerprint density at radius 1 is 1.17 bits per heavy atom. The van der Waals surface area contributed by atoms with Crippen LogP contribution in [0.2, 0.25) is 0 Å². The summed E-state index contributed by atoms with van der Waals surface area (Å²) in [4.78, 5) is 1.94. The third-order valence-electron chi connectivity index (χ3n) is 4.25. The van der Waals surface area contributed by atoms with Gasteiger partial charge in [0.25, 0.3) is 0 Å². The van der Waals surface area contributed by atoms with E-state index >= 15 is 0 Å². The maximum absolute atomic E-state index is 12.5. The smallest absolute Gasteiger partial charge is 0.376 e. The Bertz CT molecular complexity index is 496. The molecular formula is C15H20F3N3O2. The van der Waals surface area contributed by atoms with E-state index in [1.54, 1.807) is 0 Å². The zero-order valence-electron chi connectivity index (χ0n) is 12.8. The summed E-state index contributed by atoms with van der Waals surface area (Å²) >= 11 is 0. The number of aromatic nitrogens is 2. The number of nitrogens with zero attached hydrogens (tertiary/aromatic N) is 3. The zero-order chi connectivity index (χ0) is 16.3. The van der Waals surface area contributed by atoms with Gasteiger partial charge in [0.2, 0.25) is 0 Å². The molecule has 1 aromatic rings. The highest BCUT2D eigenvalue weighted by Crippen LogP contribution is 2.28. The van der Waals surface area contributed by atoms with Gasteiger partial charge in [0.05, 0.1) is 18.8 Å². The van der Waals surface area contributed by atoms with E-state index < -0.39 is 11.9 Å². The Labute approximate surface area is 132 Å². The van der Waals surface area contributed by atoms with E-state index in [2.05, 4.69) is 10.2 Å². The van der Waals surface area contributed by atoms with Crippen molar-refractivity contribution in [2.45, 2.75) is 44.1 Å². The Kier molecular flexibility index (Phi) is 5.01.